The summed E-state index contributed by atoms with van der Waals surface area (Å²) in [7, 11) is 2.13. The van der Waals surface area contributed by atoms with Crippen molar-refractivity contribution in [2.75, 3.05) is 13.6 Å². The van der Waals surface area contributed by atoms with Crippen LogP contribution >= 0.6 is 0 Å². The van der Waals surface area contributed by atoms with Crippen LogP contribution in [-0.2, 0) is 4.79 Å². The highest BCUT2D eigenvalue weighted by atomic mass is 16.1. The minimum atomic E-state index is 0.107. The zero-order chi connectivity index (χ0) is 10.1. The molecule has 1 saturated heterocycles. The minimum Gasteiger partial charge on any atom is -0.303 e. The van der Waals surface area contributed by atoms with Gasteiger partial charge >= 0.3 is 0 Å². The molecule has 0 aliphatic carbocycles. The maximum Gasteiger partial charge on any atom is 0.125 e. The van der Waals surface area contributed by atoms with Crippen molar-refractivity contribution in [3.8, 4) is 0 Å². The van der Waals surface area contributed by atoms with Gasteiger partial charge in [-0.1, -0.05) is 13.8 Å². The Bertz CT molecular complexity index is 191. The van der Waals surface area contributed by atoms with Crippen LogP contribution in [0.4, 0.5) is 0 Å². The molecule has 2 unspecified atom stereocenters. The van der Waals surface area contributed by atoms with Gasteiger partial charge < -0.3 is 9.69 Å². The summed E-state index contributed by atoms with van der Waals surface area (Å²) in [5, 5.41) is 0. The van der Waals surface area contributed by atoms with Crippen molar-refractivity contribution in [1.82, 2.24) is 4.90 Å². The number of rotatable bonds is 3. The molecule has 2 heteroatoms. The van der Waals surface area contributed by atoms with Crippen molar-refractivity contribution in [3.05, 3.63) is 0 Å². The van der Waals surface area contributed by atoms with Crippen LogP contribution in [0.2, 0.25) is 0 Å². The molecule has 1 fully saturated rings. The van der Waals surface area contributed by atoms with Crippen molar-refractivity contribution < 1.29 is 4.79 Å². The summed E-state index contributed by atoms with van der Waals surface area (Å²) in [4.78, 5) is 13.4. The van der Waals surface area contributed by atoms with Crippen LogP contribution in [0.15, 0.2) is 0 Å². The molecule has 1 rings (SSSR count). The first-order valence-electron chi connectivity index (χ1n) is 5.19. The zero-order valence-electron chi connectivity index (χ0n) is 9.21. The molecule has 0 spiro atoms. The van der Waals surface area contributed by atoms with Gasteiger partial charge in [-0.25, -0.2) is 0 Å². The lowest BCUT2D eigenvalue weighted by atomic mass is 9.77. The SMILES string of the molecule is CC(C)C(C=O)C1(C)CCCN1C. The molecule has 0 aromatic heterocycles. The quantitative estimate of drug-likeness (QED) is 0.623. The normalized spacial score (nSPS) is 32.4. The van der Waals surface area contributed by atoms with Gasteiger partial charge in [-0.3, -0.25) is 0 Å². The fraction of sp³-hybridized carbons (Fsp3) is 0.909. The molecule has 1 aliphatic heterocycles. The van der Waals surface area contributed by atoms with Gasteiger partial charge in [-0.15, -0.1) is 0 Å². The number of nitrogens with zero attached hydrogens (tertiary/aromatic N) is 1. The van der Waals surface area contributed by atoms with E-state index in [4.69, 9.17) is 0 Å². The number of hydrogen-bond donors (Lipinski definition) is 0. The lowest BCUT2D eigenvalue weighted by Gasteiger charge is -2.39. The van der Waals surface area contributed by atoms with Crippen molar-refractivity contribution >= 4 is 6.29 Å². The Morgan fingerprint density at radius 2 is 2.08 bits per heavy atom. The summed E-state index contributed by atoms with van der Waals surface area (Å²) in [5.41, 5.74) is 0.107. The van der Waals surface area contributed by atoms with E-state index in [1.165, 1.54) is 6.42 Å². The van der Waals surface area contributed by atoms with Crippen molar-refractivity contribution in [3.63, 3.8) is 0 Å². The third kappa shape index (κ3) is 1.78. The number of carbonyl (C=O) groups is 1. The number of aldehydes is 1. The van der Waals surface area contributed by atoms with Crippen molar-refractivity contribution in [1.29, 1.82) is 0 Å². The maximum absolute atomic E-state index is 11.1. The molecule has 0 bridgehead atoms. The lowest BCUT2D eigenvalue weighted by Crippen LogP contribution is -2.47. The van der Waals surface area contributed by atoms with E-state index in [1.807, 2.05) is 0 Å². The van der Waals surface area contributed by atoms with Crippen molar-refractivity contribution in [2.45, 2.75) is 39.2 Å². The highest BCUT2D eigenvalue weighted by Crippen LogP contribution is 2.36. The first kappa shape index (κ1) is 10.7. The minimum absolute atomic E-state index is 0.107. The average molecular weight is 183 g/mol. The largest absolute Gasteiger partial charge is 0.303 e. The molecular formula is C11H21NO. The van der Waals surface area contributed by atoms with Crippen LogP contribution in [0.25, 0.3) is 0 Å². The fourth-order valence-corrected chi connectivity index (χ4v) is 2.56. The topological polar surface area (TPSA) is 20.3 Å². The van der Waals surface area contributed by atoms with Gasteiger partial charge in [0.05, 0.1) is 0 Å². The van der Waals surface area contributed by atoms with Crippen LogP contribution in [0, 0.1) is 11.8 Å². The van der Waals surface area contributed by atoms with E-state index in [9.17, 15) is 4.79 Å². The van der Waals surface area contributed by atoms with Gasteiger partial charge in [0.15, 0.2) is 0 Å². The van der Waals surface area contributed by atoms with Crippen LogP contribution < -0.4 is 0 Å². The number of carbonyl (C=O) groups excluding carboxylic acids is 1. The fourth-order valence-electron chi connectivity index (χ4n) is 2.56. The van der Waals surface area contributed by atoms with E-state index < -0.39 is 0 Å². The van der Waals surface area contributed by atoms with Crippen molar-refractivity contribution in [2.24, 2.45) is 11.8 Å². The van der Waals surface area contributed by atoms with Gasteiger partial charge in [0, 0.05) is 11.5 Å². The van der Waals surface area contributed by atoms with E-state index in [-0.39, 0.29) is 11.5 Å². The molecule has 0 N–H and O–H groups in total. The van der Waals surface area contributed by atoms with E-state index >= 15 is 0 Å². The van der Waals surface area contributed by atoms with Gasteiger partial charge in [0.25, 0.3) is 0 Å². The molecular weight excluding hydrogens is 162 g/mol. The Morgan fingerprint density at radius 3 is 2.38 bits per heavy atom. The zero-order valence-corrected chi connectivity index (χ0v) is 9.21. The molecule has 0 saturated carbocycles. The number of hydrogen-bond acceptors (Lipinski definition) is 2. The first-order chi connectivity index (χ1) is 6.02. The summed E-state index contributed by atoms with van der Waals surface area (Å²) in [6.07, 6.45) is 3.53. The van der Waals surface area contributed by atoms with Gasteiger partial charge in [0.1, 0.15) is 6.29 Å². The number of likely N-dealkylation sites (tertiary alicyclic amines) is 1. The van der Waals surface area contributed by atoms with Gasteiger partial charge in [-0.2, -0.15) is 0 Å². The molecule has 2 nitrogen and oxygen atoms in total. The highest BCUT2D eigenvalue weighted by molar-refractivity contribution is 5.56. The Morgan fingerprint density at radius 1 is 1.46 bits per heavy atom. The molecule has 76 valence electrons. The van der Waals surface area contributed by atoms with Crippen LogP contribution in [-0.4, -0.2) is 30.3 Å². The molecule has 1 aliphatic rings. The lowest BCUT2D eigenvalue weighted by molar-refractivity contribution is -0.116. The smallest absolute Gasteiger partial charge is 0.125 e. The highest BCUT2D eigenvalue weighted by Gasteiger charge is 2.42. The predicted octanol–water partition coefficient (Wildman–Crippen LogP) is 1.94. The third-order valence-electron chi connectivity index (χ3n) is 3.63. The second kappa shape index (κ2) is 3.79. The molecule has 0 aromatic rings. The van der Waals surface area contributed by atoms with E-state index in [0.29, 0.717) is 5.92 Å². The summed E-state index contributed by atoms with van der Waals surface area (Å²) in [6.45, 7) is 7.62. The second-order valence-corrected chi connectivity index (χ2v) is 4.79. The Hall–Kier alpha value is -0.370. The summed E-state index contributed by atoms with van der Waals surface area (Å²) >= 11 is 0. The average Bonchev–Trinajstić information content (AvgIpc) is 2.33. The molecule has 2 atom stereocenters. The molecule has 0 aromatic carbocycles. The summed E-state index contributed by atoms with van der Waals surface area (Å²) < 4.78 is 0. The van der Waals surface area contributed by atoms with Gasteiger partial charge in [0.2, 0.25) is 0 Å². The second-order valence-electron chi connectivity index (χ2n) is 4.79. The van der Waals surface area contributed by atoms with Gasteiger partial charge in [-0.05, 0) is 39.3 Å². The Kier molecular flexibility index (Phi) is 3.12. The monoisotopic (exact) mass is 183 g/mol. The molecule has 0 radical (unpaired) electrons. The van der Waals surface area contributed by atoms with Crippen LogP contribution in [0.5, 0.6) is 0 Å². The van der Waals surface area contributed by atoms with E-state index in [2.05, 4.69) is 32.7 Å². The standard InChI is InChI=1S/C11H21NO/c1-9(2)10(8-13)11(3)6-5-7-12(11)4/h8-10H,5-7H2,1-4H3. The van der Waals surface area contributed by atoms with Crippen LogP contribution in [0.1, 0.15) is 33.6 Å². The predicted molar refractivity (Wildman–Crippen MR) is 54.7 cm³/mol. The summed E-state index contributed by atoms with van der Waals surface area (Å²) in [5.74, 6) is 0.628. The maximum atomic E-state index is 11.1. The first-order valence-corrected chi connectivity index (χ1v) is 5.19. The summed E-state index contributed by atoms with van der Waals surface area (Å²) in [6, 6.07) is 0. The Labute approximate surface area is 81.3 Å². The molecule has 1 heterocycles. The van der Waals surface area contributed by atoms with E-state index in [0.717, 1.165) is 19.3 Å². The van der Waals surface area contributed by atoms with Crippen LogP contribution in [0.3, 0.4) is 0 Å². The third-order valence-corrected chi connectivity index (χ3v) is 3.63. The molecule has 0 amide bonds. The molecule has 13 heavy (non-hydrogen) atoms. The van der Waals surface area contributed by atoms with E-state index in [1.54, 1.807) is 0 Å². The Balaban J connectivity index is 2.82.